The summed E-state index contributed by atoms with van der Waals surface area (Å²) in [6, 6.07) is 7.56. The molecule has 0 aromatic heterocycles. The van der Waals surface area contributed by atoms with Crippen molar-refractivity contribution in [2.24, 2.45) is 11.7 Å². The molecular formula is C14H23ClN2O. The Morgan fingerprint density at radius 2 is 2.22 bits per heavy atom. The van der Waals surface area contributed by atoms with Gasteiger partial charge in [-0.15, -0.1) is 12.4 Å². The molecule has 1 aromatic rings. The van der Waals surface area contributed by atoms with Gasteiger partial charge in [-0.3, -0.25) is 4.90 Å². The van der Waals surface area contributed by atoms with Gasteiger partial charge in [-0.2, -0.15) is 0 Å². The number of piperidine rings is 1. The molecule has 0 amide bonds. The first-order valence-electron chi connectivity index (χ1n) is 6.48. The SMILES string of the molecule is Cl.NCCC1CCCN(Cc2cccc(O)c2)C1. The molecule has 0 spiro atoms. The first kappa shape index (κ1) is 15.3. The number of halogens is 1. The number of rotatable bonds is 4. The highest BCUT2D eigenvalue weighted by atomic mass is 35.5. The normalized spacial score (nSPS) is 20.4. The van der Waals surface area contributed by atoms with Gasteiger partial charge in [0.05, 0.1) is 0 Å². The molecule has 3 nitrogen and oxygen atoms in total. The second kappa shape index (κ2) is 7.62. The van der Waals surface area contributed by atoms with E-state index in [1.807, 2.05) is 12.1 Å². The van der Waals surface area contributed by atoms with E-state index >= 15 is 0 Å². The number of hydrogen-bond donors (Lipinski definition) is 2. The van der Waals surface area contributed by atoms with E-state index in [9.17, 15) is 5.11 Å². The molecule has 0 bridgehead atoms. The van der Waals surface area contributed by atoms with Crippen molar-refractivity contribution in [2.45, 2.75) is 25.8 Å². The lowest BCUT2D eigenvalue weighted by molar-refractivity contribution is 0.163. The zero-order chi connectivity index (χ0) is 12.1. The van der Waals surface area contributed by atoms with Gasteiger partial charge in [0.15, 0.2) is 0 Å². The molecule has 1 unspecified atom stereocenters. The summed E-state index contributed by atoms with van der Waals surface area (Å²) >= 11 is 0. The lowest BCUT2D eigenvalue weighted by Crippen LogP contribution is -2.35. The molecule has 1 aromatic carbocycles. The molecule has 0 aliphatic carbocycles. The van der Waals surface area contributed by atoms with E-state index < -0.39 is 0 Å². The average Bonchev–Trinajstić information content (AvgIpc) is 2.30. The molecule has 2 rings (SSSR count). The first-order chi connectivity index (χ1) is 8.28. The second-order valence-electron chi connectivity index (χ2n) is 4.99. The molecule has 1 aliphatic heterocycles. The van der Waals surface area contributed by atoms with Crippen molar-refractivity contribution in [3.8, 4) is 5.75 Å². The van der Waals surface area contributed by atoms with Gasteiger partial charge in [0, 0.05) is 13.1 Å². The van der Waals surface area contributed by atoms with E-state index in [0.717, 1.165) is 38.5 Å². The van der Waals surface area contributed by atoms with Crippen LogP contribution in [0.5, 0.6) is 5.75 Å². The predicted octanol–water partition coefficient (Wildman–Crippen LogP) is 2.37. The van der Waals surface area contributed by atoms with E-state index in [-0.39, 0.29) is 12.4 Å². The summed E-state index contributed by atoms with van der Waals surface area (Å²) in [4.78, 5) is 2.47. The molecule has 1 saturated heterocycles. The number of nitrogens with zero attached hydrogens (tertiary/aromatic N) is 1. The minimum Gasteiger partial charge on any atom is -0.508 e. The van der Waals surface area contributed by atoms with Crippen LogP contribution in [-0.4, -0.2) is 29.6 Å². The van der Waals surface area contributed by atoms with Crippen molar-refractivity contribution in [3.63, 3.8) is 0 Å². The zero-order valence-corrected chi connectivity index (χ0v) is 11.5. The third-order valence-corrected chi connectivity index (χ3v) is 3.49. The standard InChI is InChI=1S/C14H22N2O.ClH/c15-7-6-12-4-2-8-16(10-12)11-13-3-1-5-14(17)9-13;/h1,3,5,9,12,17H,2,4,6-8,10-11,15H2;1H. The summed E-state index contributed by atoms with van der Waals surface area (Å²) in [6.07, 6.45) is 3.72. The van der Waals surface area contributed by atoms with E-state index in [1.165, 1.54) is 18.4 Å². The lowest BCUT2D eigenvalue weighted by Gasteiger charge is -2.32. The van der Waals surface area contributed by atoms with E-state index in [0.29, 0.717) is 5.75 Å². The lowest BCUT2D eigenvalue weighted by atomic mass is 9.94. The van der Waals surface area contributed by atoms with Crippen LogP contribution in [0.3, 0.4) is 0 Å². The minimum absolute atomic E-state index is 0. The van der Waals surface area contributed by atoms with Gasteiger partial charge in [-0.1, -0.05) is 12.1 Å². The van der Waals surface area contributed by atoms with Crippen LogP contribution in [0.2, 0.25) is 0 Å². The van der Waals surface area contributed by atoms with Crippen LogP contribution in [0.15, 0.2) is 24.3 Å². The smallest absolute Gasteiger partial charge is 0.115 e. The van der Waals surface area contributed by atoms with Gasteiger partial charge in [0.25, 0.3) is 0 Å². The Morgan fingerprint density at radius 1 is 1.39 bits per heavy atom. The first-order valence-corrected chi connectivity index (χ1v) is 6.48. The van der Waals surface area contributed by atoms with Gasteiger partial charge in [-0.05, 0) is 56.0 Å². The Morgan fingerprint density at radius 3 is 2.94 bits per heavy atom. The fourth-order valence-electron chi connectivity index (χ4n) is 2.68. The van der Waals surface area contributed by atoms with Crippen LogP contribution in [0.4, 0.5) is 0 Å². The monoisotopic (exact) mass is 270 g/mol. The summed E-state index contributed by atoms with van der Waals surface area (Å²) in [7, 11) is 0. The van der Waals surface area contributed by atoms with Crippen LogP contribution in [0.25, 0.3) is 0 Å². The van der Waals surface area contributed by atoms with E-state index in [1.54, 1.807) is 6.07 Å². The zero-order valence-electron chi connectivity index (χ0n) is 10.7. The second-order valence-corrected chi connectivity index (χ2v) is 4.99. The predicted molar refractivity (Wildman–Crippen MR) is 77.0 cm³/mol. The molecule has 1 atom stereocenters. The van der Waals surface area contributed by atoms with Crippen LogP contribution in [0.1, 0.15) is 24.8 Å². The number of aromatic hydroxyl groups is 1. The molecule has 3 N–H and O–H groups in total. The van der Waals surface area contributed by atoms with Crippen molar-refractivity contribution >= 4 is 12.4 Å². The molecule has 18 heavy (non-hydrogen) atoms. The number of nitrogens with two attached hydrogens (primary N) is 1. The molecule has 0 radical (unpaired) electrons. The van der Waals surface area contributed by atoms with Gasteiger partial charge >= 0.3 is 0 Å². The summed E-state index contributed by atoms with van der Waals surface area (Å²) in [5.74, 6) is 1.11. The van der Waals surface area contributed by atoms with Crippen molar-refractivity contribution in [2.75, 3.05) is 19.6 Å². The largest absolute Gasteiger partial charge is 0.508 e. The molecule has 0 saturated carbocycles. The molecule has 102 valence electrons. The highest BCUT2D eigenvalue weighted by molar-refractivity contribution is 5.85. The van der Waals surface area contributed by atoms with Crippen LogP contribution in [0, 0.1) is 5.92 Å². The van der Waals surface area contributed by atoms with Crippen LogP contribution >= 0.6 is 12.4 Å². The Labute approximate surface area is 115 Å². The molecule has 1 heterocycles. The van der Waals surface area contributed by atoms with E-state index in [2.05, 4.69) is 11.0 Å². The summed E-state index contributed by atoms with van der Waals surface area (Å²) in [5, 5.41) is 9.44. The number of phenols is 1. The highest BCUT2D eigenvalue weighted by Crippen LogP contribution is 2.21. The molecular weight excluding hydrogens is 248 g/mol. The average molecular weight is 271 g/mol. The summed E-state index contributed by atoms with van der Waals surface area (Å²) in [6.45, 7) is 4.05. The fourth-order valence-corrected chi connectivity index (χ4v) is 2.68. The molecule has 4 heteroatoms. The third-order valence-electron chi connectivity index (χ3n) is 3.49. The van der Waals surface area contributed by atoms with Crippen molar-refractivity contribution < 1.29 is 5.11 Å². The maximum Gasteiger partial charge on any atom is 0.115 e. The van der Waals surface area contributed by atoms with Crippen molar-refractivity contribution in [3.05, 3.63) is 29.8 Å². The minimum atomic E-state index is 0. The van der Waals surface area contributed by atoms with Crippen LogP contribution < -0.4 is 5.73 Å². The highest BCUT2D eigenvalue weighted by Gasteiger charge is 2.19. The van der Waals surface area contributed by atoms with Gasteiger partial charge in [0.1, 0.15) is 5.75 Å². The van der Waals surface area contributed by atoms with Crippen molar-refractivity contribution in [1.29, 1.82) is 0 Å². The maximum atomic E-state index is 9.44. The van der Waals surface area contributed by atoms with Gasteiger partial charge in [0.2, 0.25) is 0 Å². The van der Waals surface area contributed by atoms with E-state index in [4.69, 9.17) is 5.73 Å². The quantitative estimate of drug-likeness (QED) is 0.883. The third kappa shape index (κ3) is 4.48. The topological polar surface area (TPSA) is 49.5 Å². The number of phenolic OH excluding ortho intramolecular Hbond substituents is 1. The van der Waals surface area contributed by atoms with Gasteiger partial charge < -0.3 is 10.8 Å². The Bertz CT molecular complexity index is 357. The van der Waals surface area contributed by atoms with Crippen molar-refractivity contribution in [1.82, 2.24) is 4.90 Å². The maximum absolute atomic E-state index is 9.44. The Balaban J connectivity index is 0.00000162. The van der Waals surface area contributed by atoms with Gasteiger partial charge in [-0.25, -0.2) is 0 Å². The molecule has 1 fully saturated rings. The Hall–Kier alpha value is -0.770. The molecule has 1 aliphatic rings. The van der Waals surface area contributed by atoms with Crippen LogP contribution in [-0.2, 0) is 6.54 Å². The number of hydrogen-bond acceptors (Lipinski definition) is 3. The summed E-state index contributed by atoms with van der Waals surface area (Å²) < 4.78 is 0. The fraction of sp³-hybridized carbons (Fsp3) is 0.571. The Kier molecular flexibility index (Phi) is 6.47. The summed E-state index contributed by atoms with van der Waals surface area (Å²) in [5.41, 5.74) is 6.82. The number of benzene rings is 1. The number of likely N-dealkylation sites (tertiary alicyclic amines) is 1.